The van der Waals surface area contributed by atoms with Crippen LogP contribution in [-0.2, 0) is 11.2 Å². The van der Waals surface area contributed by atoms with Crippen LogP contribution in [0.1, 0.15) is 42.1 Å². The molecule has 19 heavy (non-hydrogen) atoms. The van der Waals surface area contributed by atoms with Gasteiger partial charge in [0.15, 0.2) is 0 Å². The van der Waals surface area contributed by atoms with Crippen molar-refractivity contribution in [3.05, 3.63) is 35.4 Å². The van der Waals surface area contributed by atoms with Gasteiger partial charge in [-0.3, -0.25) is 4.79 Å². The van der Waals surface area contributed by atoms with Crippen LogP contribution in [0.4, 0.5) is 0 Å². The number of amides is 1. The molecule has 1 aromatic rings. The van der Waals surface area contributed by atoms with E-state index in [0.29, 0.717) is 18.5 Å². The lowest BCUT2D eigenvalue weighted by molar-refractivity contribution is -0.142. The Morgan fingerprint density at radius 2 is 2.11 bits per heavy atom. The van der Waals surface area contributed by atoms with Gasteiger partial charge in [0.25, 0.3) is 5.91 Å². The first kappa shape index (κ1) is 13.6. The third-order valence-corrected chi connectivity index (χ3v) is 3.59. The molecule has 0 aromatic heterocycles. The van der Waals surface area contributed by atoms with Crippen molar-refractivity contribution in [2.45, 2.75) is 38.6 Å². The maximum Gasteiger partial charge on any atom is 0.326 e. The molecule has 1 heterocycles. The summed E-state index contributed by atoms with van der Waals surface area (Å²) in [5.74, 6) is -1.07. The molecule has 1 amide bonds. The fourth-order valence-electron chi connectivity index (χ4n) is 2.53. The molecule has 4 nitrogen and oxygen atoms in total. The molecule has 102 valence electrons. The van der Waals surface area contributed by atoms with Gasteiger partial charge in [0.1, 0.15) is 6.04 Å². The van der Waals surface area contributed by atoms with Crippen molar-refractivity contribution in [3.8, 4) is 0 Å². The van der Waals surface area contributed by atoms with Crippen LogP contribution >= 0.6 is 0 Å². The Hall–Kier alpha value is -1.84. The van der Waals surface area contributed by atoms with Gasteiger partial charge in [-0.15, -0.1) is 0 Å². The maximum absolute atomic E-state index is 12.4. The predicted molar refractivity (Wildman–Crippen MR) is 72.1 cm³/mol. The SMILES string of the molecule is CCCCCN1C(=O)c2ccccc2CC1C(=O)O. The molecule has 0 aliphatic carbocycles. The molecular weight excluding hydrogens is 242 g/mol. The van der Waals surface area contributed by atoms with Gasteiger partial charge in [0, 0.05) is 18.5 Å². The summed E-state index contributed by atoms with van der Waals surface area (Å²) in [4.78, 5) is 25.3. The highest BCUT2D eigenvalue weighted by Crippen LogP contribution is 2.24. The fraction of sp³-hybridized carbons (Fsp3) is 0.467. The molecule has 4 heteroatoms. The quantitative estimate of drug-likeness (QED) is 0.828. The number of rotatable bonds is 5. The van der Waals surface area contributed by atoms with E-state index in [9.17, 15) is 14.7 Å². The lowest BCUT2D eigenvalue weighted by Crippen LogP contribution is -2.50. The molecule has 1 aliphatic heterocycles. The van der Waals surface area contributed by atoms with E-state index in [2.05, 4.69) is 6.92 Å². The van der Waals surface area contributed by atoms with Crippen LogP contribution in [0.25, 0.3) is 0 Å². The zero-order chi connectivity index (χ0) is 13.8. The van der Waals surface area contributed by atoms with Crippen LogP contribution in [0.15, 0.2) is 24.3 Å². The van der Waals surface area contributed by atoms with Crippen molar-refractivity contribution in [1.29, 1.82) is 0 Å². The van der Waals surface area contributed by atoms with Crippen molar-refractivity contribution in [2.24, 2.45) is 0 Å². The summed E-state index contributed by atoms with van der Waals surface area (Å²) >= 11 is 0. The number of benzene rings is 1. The summed E-state index contributed by atoms with van der Waals surface area (Å²) < 4.78 is 0. The third-order valence-electron chi connectivity index (χ3n) is 3.59. The van der Waals surface area contributed by atoms with Crippen molar-refractivity contribution in [1.82, 2.24) is 4.90 Å². The predicted octanol–water partition coefficient (Wildman–Crippen LogP) is 2.33. The molecule has 0 bridgehead atoms. The Morgan fingerprint density at radius 1 is 1.37 bits per heavy atom. The van der Waals surface area contributed by atoms with Crippen molar-refractivity contribution in [3.63, 3.8) is 0 Å². The van der Waals surface area contributed by atoms with E-state index in [-0.39, 0.29) is 5.91 Å². The van der Waals surface area contributed by atoms with Gasteiger partial charge < -0.3 is 10.0 Å². The van der Waals surface area contributed by atoms with Crippen molar-refractivity contribution in [2.75, 3.05) is 6.54 Å². The topological polar surface area (TPSA) is 57.6 Å². The van der Waals surface area contributed by atoms with E-state index in [0.717, 1.165) is 24.8 Å². The van der Waals surface area contributed by atoms with Crippen LogP contribution in [0.2, 0.25) is 0 Å². The number of carboxylic acid groups (broad SMARTS) is 1. The van der Waals surface area contributed by atoms with E-state index in [1.54, 1.807) is 6.07 Å². The lowest BCUT2D eigenvalue weighted by atomic mass is 9.93. The second kappa shape index (κ2) is 5.87. The number of hydrogen-bond acceptors (Lipinski definition) is 2. The highest BCUT2D eigenvalue weighted by atomic mass is 16.4. The number of carboxylic acids is 1. The fourth-order valence-corrected chi connectivity index (χ4v) is 2.53. The van der Waals surface area contributed by atoms with E-state index in [1.165, 1.54) is 4.90 Å². The van der Waals surface area contributed by atoms with Crippen molar-refractivity contribution >= 4 is 11.9 Å². The number of fused-ring (bicyclic) bond motifs is 1. The number of unbranched alkanes of at least 4 members (excludes halogenated alkanes) is 2. The van der Waals surface area contributed by atoms with E-state index < -0.39 is 12.0 Å². The van der Waals surface area contributed by atoms with Crippen LogP contribution in [0.3, 0.4) is 0 Å². The second-order valence-corrected chi connectivity index (χ2v) is 4.92. The van der Waals surface area contributed by atoms with Crippen molar-refractivity contribution < 1.29 is 14.7 Å². The summed E-state index contributed by atoms with van der Waals surface area (Å²) in [6.45, 7) is 2.61. The lowest BCUT2D eigenvalue weighted by Gasteiger charge is -2.34. The molecule has 1 N–H and O–H groups in total. The van der Waals surface area contributed by atoms with E-state index in [1.807, 2.05) is 18.2 Å². The van der Waals surface area contributed by atoms with E-state index in [4.69, 9.17) is 0 Å². The number of hydrogen-bond donors (Lipinski definition) is 1. The van der Waals surface area contributed by atoms with Gasteiger partial charge in [0.2, 0.25) is 0 Å². The Kier molecular flexibility index (Phi) is 4.20. The summed E-state index contributed by atoms with van der Waals surface area (Å²) in [5.41, 5.74) is 1.49. The molecule has 1 unspecified atom stereocenters. The first-order chi connectivity index (χ1) is 9.15. The van der Waals surface area contributed by atoms with Gasteiger partial charge in [-0.2, -0.15) is 0 Å². The highest BCUT2D eigenvalue weighted by Gasteiger charge is 2.35. The number of carbonyl (C=O) groups is 2. The monoisotopic (exact) mass is 261 g/mol. The van der Waals surface area contributed by atoms with Crippen LogP contribution in [-0.4, -0.2) is 34.5 Å². The molecule has 0 fully saturated rings. The summed E-state index contributed by atoms with van der Waals surface area (Å²) in [5, 5.41) is 9.31. The van der Waals surface area contributed by atoms with E-state index >= 15 is 0 Å². The molecule has 1 atom stereocenters. The Morgan fingerprint density at radius 3 is 2.79 bits per heavy atom. The maximum atomic E-state index is 12.4. The Bertz CT molecular complexity index is 484. The normalized spacial score (nSPS) is 18.3. The van der Waals surface area contributed by atoms with Gasteiger partial charge >= 0.3 is 5.97 Å². The Balaban J connectivity index is 2.24. The summed E-state index contributed by atoms with van der Waals surface area (Å²) in [7, 11) is 0. The van der Waals surface area contributed by atoms with Crippen LogP contribution < -0.4 is 0 Å². The number of carbonyl (C=O) groups excluding carboxylic acids is 1. The molecule has 0 saturated heterocycles. The Labute approximate surface area is 113 Å². The summed E-state index contributed by atoms with van der Waals surface area (Å²) in [6.07, 6.45) is 3.33. The molecule has 1 aromatic carbocycles. The average molecular weight is 261 g/mol. The third kappa shape index (κ3) is 2.78. The molecule has 0 spiro atoms. The average Bonchev–Trinajstić information content (AvgIpc) is 2.41. The van der Waals surface area contributed by atoms with Crippen LogP contribution in [0, 0.1) is 0 Å². The second-order valence-electron chi connectivity index (χ2n) is 4.92. The minimum Gasteiger partial charge on any atom is -0.480 e. The number of nitrogens with zero attached hydrogens (tertiary/aromatic N) is 1. The van der Waals surface area contributed by atoms with Gasteiger partial charge in [-0.1, -0.05) is 38.0 Å². The molecule has 0 radical (unpaired) electrons. The smallest absolute Gasteiger partial charge is 0.326 e. The van der Waals surface area contributed by atoms with Gasteiger partial charge in [-0.25, -0.2) is 4.79 Å². The first-order valence-corrected chi connectivity index (χ1v) is 6.76. The standard InChI is InChI=1S/C15H19NO3/c1-2-3-6-9-16-13(15(18)19)10-11-7-4-5-8-12(11)14(16)17/h4-5,7-8,13H,2-3,6,9-10H2,1H3,(H,18,19). The largest absolute Gasteiger partial charge is 0.480 e. The van der Waals surface area contributed by atoms with Crippen LogP contribution in [0.5, 0.6) is 0 Å². The zero-order valence-electron chi connectivity index (χ0n) is 11.1. The summed E-state index contributed by atoms with van der Waals surface area (Å²) in [6, 6.07) is 6.56. The highest BCUT2D eigenvalue weighted by molar-refractivity contribution is 5.99. The minimum atomic E-state index is -0.917. The van der Waals surface area contributed by atoms with Gasteiger partial charge in [0.05, 0.1) is 0 Å². The minimum absolute atomic E-state index is 0.148. The molecule has 2 rings (SSSR count). The molecule has 0 saturated carbocycles. The molecule has 1 aliphatic rings. The number of aliphatic carboxylic acids is 1. The zero-order valence-corrected chi connectivity index (χ0v) is 11.1. The molecular formula is C15H19NO3. The van der Waals surface area contributed by atoms with Gasteiger partial charge in [-0.05, 0) is 18.1 Å². The first-order valence-electron chi connectivity index (χ1n) is 6.76.